The quantitative estimate of drug-likeness (QED) is 0.866. The molecule has 80 valence electrons. The molecule has 0 aromatic carbocycles. The van der Waals surface area contributed by atoms with Crippen molar-refractivity contribution in [3.8, 4) is 0 Å². The standard InChI is InChI=1S/C11H13NO2S/c1-2-10-8(3-5-14-10)9(13)7-11-12-4-6-15-11/h3-6,9,13H,2,7H2,1H3. The highest BCUT2D eigenvalue weighted by Gasteiger charge is 2.15. The molecule has 3 nitrogen and oxygen atoms in total. The Morgan fingerprint density at radius 3 is 3.13 bits per heavy atom. The fraction of sp³-hybridized carbons (Fsp3) is 0.364. The second-order valence-corrected chi connectivity index (χ2v) is 4.28. The minimum absolute atomic E-state index is 0.509. The van der Waals surface area contributed by atoms with E-state index in [0.29, 0.717) is 6.42 Å². The van der Waals surface area contributed by atoms with Gasteiger partial charge in [0.05, 0.1) is 17.4 Å². The second kappa shape index (κ2) is 4.59. The Morgan fingerprint density at radius 1 is 1.60 bits per heavy atom. The first-order valence-corrected chi connectivity index (χ1v) is 5.82. The molecule has 0 aliphatic heterocycles. The topological polar surface area (TPSA) is 46.3 Å². The summed E-state index contributed by atoms with van der Waals surface area (Å²) in [5.74, 6) is 0.860. The maximum Gasteiger partial charge on any atom is 0.109 e. The van der Waals surface area contributed by atoms with Gasteiger partial charge in [0.15, 0.2) is 0 Å². The molecule has 0 bridgehead atoms. The van der Waals surface area contributed by atoms with Crippen molar-refractivity contribution < 1.29 is 9.52 Å². The van der Waals surface area contributed by atoms with Crippen LogP contribution in [0.15, 0.2) is 28.3 Å². The molecule has 0 amide bonds. The monoisotopic (exact) mass is 223 g/mol. The Hall–Kier alpha value is -1.13. The number of aryl methyl sites for hydroxylation is 1. The Labute approximate surface area is 92.4 Å². The van der Waals surface area contributed by atoms with Crippen molar-refractivity contribution in [2.75, 3.05) is 0 Å². The van der Waals surface area contributed by atoms with Gasteiger partial charge in [-0.05, 0) is 6.07 Å². The molecule has 2 aromatic rings. The van der Waals surface area contributed by atoms with Crippen LogP contribution in [-0.4, -0.2) is 10.1 Å². The van der Waals surface area contributed by atoms with Gasteiger partial charge in [0.25, 0.3) is 0 Å². The molecule has 2 aromatic heterocycles. The maximum atomic E-state index is 10.00. The Kier molecular flexibility index (Phi) is 3.18. The van der Waals surface area contributed by atoms with Gasteiger partial charge in [-0.3, -0.25) is 0 Å². The molecule has 0 spiro atoms. The smallest absolute Gasteiger partial charge is 0.109 e. The van der Waals surface area contributed by atoms with E-state index in [1.807, 2.05) is 18.4 Å². The van der Waals surface area contributed by atoms with E-state index in [0.717, 1.165) is 22.8 Å². The summed E-state index contributed by atoms with van der Waals surface area (Å²) >= 11 is 1.56. The molecular weight excluding hydrogens is 210 g/mol. The fourth-order valence-electron chi connectivity index (χ4n) is 1.56. The summed E-state index contributed by atoms with van der Waals surface area (Å²) in [6.07, 6.45) is 4.23. The first kappa shape index (κ1) is 10.4. The van der Waals surface area contributed by atoms with E-state index in [4.69, 9.17) is 4.42 Å². The van der Waals surface area contributed by atoms with E-state index in [1.54, 1.807) is 23.8 Å². The molecule has 0 saturated carbocycles. The van der Waals surface area contributed by atoms with E-state index in [-0.39, 0.29) is 0 Å². The normalized spacial score (nSPS) is 12.9. The van der Waals surface area contributed by atoms with Crippen molar-refractivity contribution in [2.24, 2.45) is 0 Å². The highest BCUT2D eigenvalue weighted by molar-refractivity contribution is 7.09. The molecule has 0 aliphatic carbocycles. The predicted molar refractivity (Wildman–Crippen MR) is 58.9 cm³/mol. The van der Waals surface area contributed by atoms with Crippen LogP contribution in [-0.2, 0) is 12.8 Å². The largest absolute Gasteiger partial charge is 0.469 e. The summed E-state index contributed by atoms with van der Waals surface area (Å²) in [6, 6.07) is 1.83. The van der Waals surface area contributed by atoms with Gasteiger partial charge in [0.2, 0.25) is 0 Å². The average Bonchev–Trinajstić information content (AvgIpc) is 2.86. The van der Waals surface area contributed by atoms with E-state index in [1.165, 1.54) is 0 Å². The van der Waals surface area contributed by atoms with Crippen LogP contribution < -0.4 is 0 Å². The number of aliphatic hydroxyl groups is 1. The number of hydrogen-bond donors (Lipinski definition) is 1. The van der Waals surface area contributed by atoms with Crippen molar-refractivity contribution in [1.29, 1.82) is 0 Å². The van der Waals surface area contributed by atoms with Crippen molar-refractivity contribution in [3.63, 3.8) is 0 Å². The lowest BCUT2D eigenvalue weighted by atomic mass is 10.1. The van der Waals surface area contributed by atoms with Crippen LogP contribution in [0.4, 0.5) is 0 Å². The van der Waals surface area contributed by atoms with E-state index >= 15 is 0 Å². The zero-order chi connectivity index (χ0) is 10.7. The number of nitrogens with zero attached hydrogens (tertiary/aromatic N) is 1. The lowest BCUT2D eigenvalue weighted by Gasteiger charge is -2.07. The molecule has 2 heterocycles. The summed E-state index contributed by atoms with van der Waals surface area (Å²) in [4.78, 5) is 4.15. The van der Waals surface area contributed by atoms with Gasteiger partial charge in [0.1, 0.15) is 5.76 Å². The minimum Gasteiger partial charge on any atom is -0.469 e. The van der Waals surface area contributed by atoms with Crippen LogP contribution in [0.5, 0.6) is 0 Å². The van der Waals surface area contributed by atoms with Gasteiger partial charge < -0.3 is 9.52 Å². The van der Waals surface area contributed by atoms with Gasteiger partial charge in [0, 0.05) is 30.0 Å². The average molecular weight is 223 g/mol. The minimum atomic E-state index is -0.509. The molecule has 0 saturated heterocycles. The zero-order valence-electron chi connectivity index (χ0n) is 8.51. The van der Waals surface area contributed by atoms with Crippen molar-refractivity contribution in [3.05, 3.63) is 40.2 Å². The van der Waals surface area contributed by atoms with Crippen LogP contribution in [0.2, 0.25) is 0 Å². The molecule has 0 aliphatic rings. The molecule has 4 heteroatoms. The van der Waals surface area contributed by atoms with E-state index < -0.39 is 6.10 Å². The third-order valence-electron chi connectivity index (χ3n) is 2.31. The molecule has 2 rings (SSSR count). The lowest BCUT2D eigenvalue weighted by molar-refractivity contribution is 0.176. The Morgan fingerprint density at radius 2 is 2.47 bits per heavy atom. The van der Waals surface area contributed by atoms with Crippen LogP contribution in [0.25, 0.3) is 0 Å². The fourth-order valence-corrected chi connectivity index (χ4v) is 2.22. The van der Waals surface area contributed by atoms with Crippen LogP contribution in [0.3, 0.4) is 0 Å². The molecule has 0 fully saturated rings. The molecule has 1 N–H and O–H groups in total. The maximum absolute atomic E-state index is 10.00. The first-order valence-electron chi connectivity index (χ1n) is 4.94. The van der Waals surface area contributed by atoms with Crippen LogP contribution in [0.1, 0.15) is 29.4 Å². The van der Waals surface area contributed by atoms with Gasteiger partial charge in [-0.1, -0.05) is 6.92 Å². The van der Waals surface area contributed by atoms with Gasteiger partial charge in [-0.2, -0.15) is 0 Å². The summed E-state index contributed by atoms with van der Waals surface area (Å²) in [5, 5.41) is 12.9. The highest BCUT2D eigenvalue weighted by atomic mass is 32.1. The Balaban J connectivity index is 2.11. The van der Waals surface area contributed by atoms with Crippen molar-refractivity contribution in [1.82, 2.24) is 4.98 Å². The predicted octanol–water partition coefficient (Wildman–Crippen LogP) is 2.57. The Bertz CT molecular complexity index is 408. The number of furan rings is 1. The summed E-state index contributed by atoms with van der Waals surface area (Å²) in [7, 11) is 0. The number of aromatic nitrogens is 1. The van der Waals surface area contributed by atoms with Gasteiger partial charge >= 0.3 is 0 Å². The molecule has 1 atom stereocenters. The molecule has 0 radical (unpaired) electrons. The molecule has 15 heavy (non-hydrogen) atoms. The molecule has 1 unspecified atom stereocenters. The van der Waals surface area contributed by atoms with Crippen molar-refractivity contribution in [2.45, 2.75) is 25.9 Å². The van der Waals surface area contributed by atoms with Crippen molar-refractivity contribution >= 4 is 11.3 Å². The summed E-state index contributed by atoms with van der Waals surface area (Å²) in [6.45, 7) is 2.01. The van der Waals surface area contributed by atoms with Crippen LogP contribution in [0, 0.1) is 0 Å². The number of aliphatic hydroxyl groups excluding tert-OH is 1. The highest BCUT2D eigenvalue weighted by Crippen LogP contribution is 2.23. The van der Waals surface area contributed by atoms with Crippen LogP contribution >= 0.6 is 11.3 Å². The third-order valence-corrected chi connectivity index (χ3v) is 3.11. The third kappa shape index (κ3) is 2.27. The number of hydrogen-bond acceptors (Lipinski definition) is 4. The number of rotatable bonds is 4. The zero-order valence-corrected chi connectivity index (χ0v) is 9.33. The lowest BCUT2D eigenvalue weighted by Crippen LogP contribution is -2.02. The SMILES string of the molecule is CCc1occc1C(O)Cc1nccs1. The number of thiazole rings is 1. The first-order chi connectivity index (χ1) is 7.31. The van der Waals surface area contributed by atoms with E-state index in [9.17, 15) is 5.11 Å². The van der Waals surface area contributed by atoms with Gasteiger partial charge in [-0.15, -0.1) is 11.3 Å². The second-order valence-electron chi connectivity index (χ2n) is 3.30. The summed E-state index contributed by atoms with van der Waals surface area (Å²) < 4.78 is 5.28. The van der Waals surface area contributed by atoms with E-state index in [2.05, 4.69) is 4.98 Å². The summed E-state index contributed by atoms with van der Waals surface area (Å²) in [5.41, 5.74) is 0.882. The van der Waals surface area contributed by atoms with Gasteiger partial charge in [-0.25, -0.2) is 4.98 Å². The molecular formula is C11H13NO2S.